The van der Waals surface area contributed by atoms with Gasteiger partial charge in [-0.15, -0.1) is 0 Å². The minimum Gasteiger partial charge on any atom is -0.324 e. The molecule has 0 saturated carbocycles. The molecule has 4 heteroatoms. The van der Waals surface area contributed by atoms with Crippen LogP contribution in [-0.2, 0) is 9.09 Å². The van der Waals surface area contributed by atoms with Crippen molar-refractivity contribution in [3.8, 4) is 0 Å². The fourth-order valence-corrected chi connectivity index (χ4v) is 4.14. The summed E-state index contributed by atoms with van der Waals surface area (Å²) in [6.45, 7) is 4.73. The summed E-state index contributed by atoms with van der Waals surface area (Å²) in [7, 11) is -3.32. The minimum absolute atomic E-state index is 0.317. The van der Waals surface area contributed by atoms with Gasteiger partial charge >= 0.3 is 7.60 Å². The zero-order valence-electron chi connectivity index (χ0n) is 17.6. The first-order valence-electron chi connectivity index (χ1n) is 11.2. The SMILES string of the molecule is CCCCCCCCC=CCCCCCCCCP(=O)(O)OCCCC. The lowest BCUT2D eigenvalue weighted by Crippen LogP contribution is -1.97. The second-order valence-electron chi connectivity index (χ2n) is 7.49. The molecule has 3 nitrogen and oxygen atoms in total. The lowest BCUT2D eigenvalue weighted by Gasteiger charge is -2.11. The zero-order chi connectivity index (χ0) is 19.3. The van der Waals surface area contributed by atoms with Gasteiger partial charge in [0.2, 0.25) is 0 Å². The van der Waals surface area contributed by atoms with E-state index in [4.69, 9.17) is 4.52 Å². The largest absolute Gasteiger partial charge is 0.328 e. The van der Waals surface area contributed by atoms with Crippen LogP contribution in [0.1, 0.15) is 117 Å². The Morgan fingerprint density at radius 1 is 0.692 bits per heavy atom. The number of rotatable bonds is 20. The predicted octanol–water partition coefficient (Wildman–Crippen LogP) is 8.03. The van der Waals surface area contributed by atoms with Gasteiger partial charge < -0.3 is 9.42 Å². The lowest BCUT2D eigenvalue weighted by atomic mass is 10.1. The van der Waals surface area contributed by atoms with Gasteiger partial charge in [0.05, 0.1) is 6.61 Å². The minimum atomic E-state index is -3.32. The van der Waals surface area contributed by atoms with E-state index in [1.54, 1.807) is 0 Å². The number of hydrogen-bond donors (Lipinski definition) is 1. The van der Waals surface area contributed by atoms with Crippen molar-refractivity contribution in [2.75, 3.05) is 12.8 Å². The third-order valence-corrected chi connectivity index (χ3v) is 6.21. The molecule has 0 heterocycles. The van der Waals surface area contributed by atoms with E-state index < -0.39 is 7.60 Å². The molecule has 0 aromatic carbocycles. The van der Waals surface area contributed by atoms with Gasteiger partial charge in [0.25, 0.3) is 0 Å². The molecule has 0 aromatic heterocycles. The summed E-state index contributed by atoms with van der Waals surface area (Å²) in [5.74, 6) is 0. The van der Waals surface area contributed by atoms with E-state index in [9.17, 15) is 9.46 Å². The van der Waals surface area contributed by atoms with Crippen LogP contribution in [0.2, 0.25) is 0 Å². The molecule has 1 unspecified atom stereocenters. The monoisotopic (exact) mass is 388 g/mol. The van der Waals surface area contributed by atoms with Crippen LogP contribution in [0.15, 0.2) is 12.2 Å². The maximum atomic E-state index is 11.8. The Hall–Kier alpha value is -0.110. The van der Waals surface area contributed by atoms with Gasteiger partial charge in [0.15, 0.2) is 0 Å². The summed E-state index contributed by atoms with van der Waals surface area (Å²) in [4.78, 5) is 9.68. The molecule has 26 heavy (non-hydrogen) atoms. The molecule has 1 atom stereocenters. The first kappa shape index (κ1) is 25.9. The zero-order valence-corrected chi connectivity index (χ0v) is 18.5. The quantitative estimate of drug-likeness (QED) is 0.130. The summed E-state index contributed by atoms with van der Waals surface area (Å²) in [6, 6.07) is 0. The number of hydrogen-bond acceptors (Lipinski definition) is 2. The highest BCUT2D eigenvalue weighted by Gasteiger charge is 2.17. The fourth-order valence-electron chi connectivity index (χ4n) is 2.98. The van der Waals surface area contributed by atoms with E-state index >= 15 is 0 Å². The highest BCUT2D eigenvalue weighted by molar-refractivity contribution is 7.52. The topological polar surface area (TPSA) is 46.5 Å². The van der Waals surface area contributed by atoms with Gasteiger partial charge in [-0.25, -0.2) is 0 Å². The van der Waals surface area contributed by atoms with Crippen LogP contribution in [0.5, 0.6) is 0 Å². The van der Waals surface area contributed by atoms with Gasteiger partial charge in [-0.05, 0) is 38.5 Å². The molecule has 0 aliphatic heterocycles. The van der Waals surface area contributed by atoms with Crippen LogP contribution in [0.25, 0.3) is 0 Å². The van der Waals surface area contributed by atoms with Crippen molar-refractivity contribution in [2.24, 2.45) is 0 Å². The standard InChI is InChI=1S/C22H45O3P/c1-3-5-7-8-9-10-11-12-13-14-15-16-17-18-19-20-22-26(23,24)25-21-6-4-2/h12-13H,3-11,14-22H2,1-2H3,(H,23,24). The van der Waals surface area contributed by atoms with Crippen molar-refractivity contribution < 1.29 is 14.0 Å². The van der Waals surface area contributed by atoms with E-state index in [1.165, 1.54) is 70.6 Å². The van der Waals surface area contributed by atoms with Crippen molar-refractivity contribution in [3.63, 3.8) is 0 Å². The van der Waals surface area contributed by atoms with Gasteiger partial charge in [-0.2, -0.15) is 0 Å². The molecular weight excluding hydrogens is 343 g/mol. The summed E-state index contributed by atoms with van der Waals surface area (Å²) >= 11 is 0. The molecule has 0 fully saturated rings. The molecule has 1 N–H and O–H groups in total. The Labute approximate surface area is 163 Å². The van der Waals surface area contributed by atoms with E-state index in [0.717, 1.165) is 32.1 Å². The summed E-state index contributed by atoms with van der Waals surface area (Å²) in [5.41, 5.74) is 0. The highest BCUT2D eigenvalue weighted by Crippen LogP contribution is 2.43. The van der Waals surface area contributed by atoms with E-state index in [0.29, 0.717) is 12.8 Å². The van der Waals surface area contributed by atoms with Crippen LogP contribution in [-0.4, -0.2) is 17.7 Å². The molecule has 0 aliphatic rings. The first-order chi connectivity index (χ1) is 12.6. The second-order valence-corrected chi connectivity index (χ2v) is 9.47. The van der Waals surface area contributed by atoms with Crippen LogP contribution < -0.4 is 0 Å². The van der Waals surface area contributed by atoms with Gasteiger partial charge in [0.1, 0.15) is 0 Å². The smallest absolute Gasteiger partial charge is 0.324 e. The molecule has 0 aliphatic carbocycles. The van der Waals surface area contributed by atoms with Crippen molar-refractivity contribution >= 4 is 7.60 Å². The molecular formula is C22H45O3P. The van der Waals surface area contributed by atoms with E-state index in [2.05, 4.69) is 26.0 Å². The van der Waals surface area contributed by atoms with Crippen molar-refractivity contribution in [2.45, 2.75) is 117 Å². The Morgan fingerprint density at radius 3 is 1.69 bits per heavy atom. The molecule has 0 rings (SSSR count). The Balaban J connectivity index is 3.28. The molecule has 0 aromatic rings. The molecule has 0 amide bonds. The fraction of sp³-hybridized carbons (Fsp3) is 0.909. The normalized spacial score (nSPS) is 14.1. The van der Waals surface area contributed by atoms with E-state index in [-0.39, 0.29) is 0 Å². The Bertz CT molecular complexity index is 355. The van der Waals surface area contributed by atoms with Gasteiger partial charge in [-0.1, -0.05) is 90.2 Å². The Kier molecular flexibility index (Phi) is 19.6. The molecule has 156 valence electrons. The predicted molar refractivity (Wildman–Crippen MR) is 115 cm³/mol. The first-order valence-corrected chi connectivity index (χ1v) is 13.0. The summed E-state index contributed by atoms with van der Waals surface area (Å²) in [5, 5.41) is 0. The van der Waals surface area contributed by atoms with Crippen LogP contribution in [0.3, 0.4) is 0 Å². The van der Waals surface area contributed by atoms with Crippen molar-refractivity contribution in [1.29, 1.82) is 0 Å². The average molecular weight is 389 g/mol. The van der Waals surface area contributed by atoms with E-state index in [1.807, 2.05) is 0 Å². The van der Waals surface area contributed by atoms with Gasteiger partial charge in [-0.3, -0.25) is 4.57 Å². The summed E-state index contributed by atoms with van der Waals surface area (Å²) in [6.07, 6.45) is 24.4. The van der Waals surface area contributed by atoms with Crippen LogP contribution >= 0.6 is 7.60 Å². The van der Waals surface area contributed by atoms with Crippen molar-refractivity contribution in [3.05, 3.63) is 12.2 Å². The molecule has 0 saturated heterocycles. The molecule has 0 spiro atoms. The number of allylic oxidation sites excluding steroid dienone is 2. The van der Waals surface area contributed by atoms with Crippen molar-refractivity contribution in [1.82, 2.24) is 0 Å². The second kappa shape index (κ2) is 19.6. The van der Waals surface area contributed by atoms with Gasteiger partial charge in [0, 0.05) is 6.16 Å². The lowest BCUT2D eigenvalue weighted by molar-refractivity contribution is 0.254. The third-order valence-electron chi connectivity index (χ3n) is 4.74. The Morgan fingerprint density at radius 2 is 1.15 bits per heavy atom. The highest BCUT2D eigenvalue weighted by atomic mass is 31.2. The number of unbranched alkanes of at least 4 members (excludes halogenated alkanes) is 13. The van der Waals surface area contributed by atoms with Crippen LogP contribution in [0.4, 0.5) is 0 Å². The maximum absolute atomic E-state index is 11.8. The molecule has 0 radical (unpaired) electrons. The average Bonchev–Trinajstić information content (AvgIpc) is 2.61. The maximum Gasteiger partial charge on any atom is 0.328 e. The molecule has 0 bridgehead atoms. The van der Waals surface area contributed by atoms with Crippen LogP contribution in [0, 0.1) is 0 Å². The third kappa shape index (κ3) is 20.2. The summed E-state index contributed by atoms with van der Waals surface area (Å²) < 4.78 is 16.9.